The molecule has 1 aromatic carbocycles. The van der Waals surface area contributed by atoms with Gasteiger partial charge in [-0.2, -0.15) is 0 Å². The fourth-order valence-electron chi connectivity index (χ4n) is 1.12. The lowest BCUT2D eigenvalue weighted by molar-refractivity contribution is 0.195. The zero-order valence-electron chi connectivity index (χ0n) is 7.25. The Morgan fingerprint density at radius 3 is 2.75 bits per heavy atom. The molecule has 0 aliphatic carbocycles. The molecule has 0 saturated heterocycles. The molecular weight excluding hydrogens is 152 g/mol. The van der Waals surface area contributed by atoms with E-state index in [9.17, 15) is 5.11 Å². The van der Waals surface area contributed by atoms with Crippen LogP contribution in [-0.2, 0) is 11.5 Å². The van der Waals surface area contributed by atoms with Crippen molar-refractivity contribution in [2.24, 2.45) is 0 Å². The second-order valence-corrected chi connectivity index (χ2v) is 2.49. The molecule has 0 aliphatic rings. The summed E-state index contributed by atoms with van der Waals surface area (Å²) in [4.78, 5) is 0. The second kappa shape index (κ2) is 4.78. The van der Waals surface area contributed by atoms with Crippen molar-refractivity contribution in [1.82, 2.24) is 0 Å². The maximum Gasteiger partial charge on any atom is 0.122 e. The van der Waals surface area contributed by atoms with E-state index in [0.717, 1.165) is 11.3 Å². The molecule has 0 atom stereocenters. The first kappa shape index (κ1) is 9.07. The van der Waals surface area contributed by atoms with Gasteiger partial charge in [-0.05, 0) is 18.6 Å². The summed E-state index contributed by atoms with van der Waals surface area (Å²) in [7, 11) is 0. The van der Waals surface area contributed by atoms with Crippen LogP contribution in [0.3, 0.4) is 0 Å². The van der Waals surface area contributed by atoms with Gasteiger partial charge in [0, 0.05) is 6.42 Å². The maximum absolute atomic E-state index is 10.4. The van der Waals surface area contributed by atoms with Gasteiger partial charge >= 0.3 is 0 Å². The second-order valence-electron chi connectivity index (χ2n) is 2.49. The third kappa shape index (κ3) is 2.24. The summed E-state index contributed by atoms with van der Waals surface area (Å²) in [5, 5.41) is 10.4. The van der Waals surface area contributed by atoms with Crippen molar-refractivity contribution in [3.8, 4) is 5.75 Å². The predicted octanol–water partition coefficient (Wildman–Crippen LogP) is 2.06. The molecule has 0 saturated carbocycles. The van der Waals surface area contributed by atoms with Crippen LogP contribution in [-0.4, -0.2) is 13.2 Å². The molecule has 0 unspecified atom stereocenters. The van der Waals surface area contributed by atoms with Gasteiger partial charge in [0.05, 0.1) is 13.2 Å². The molecule has 65 valence electrons. The number of benzene rings is 1. The van der Waals surface area contributed by atoms with Crippen molar-refractivity contribution >= 4 is 0 Å². The number of ether oxygens (including phenoxy) is 1. The van der Waals surface area contributed by atoms with Gasteiger partial charge in [-0.15, -0.1) is 0 Å². The lowest BCUT2D eigenvalue weighted by atomic mass is 10.1. The smallest absolute Gasteiger partial charge is 0.122 e. The topological polar surface area (TPSA) is 29.1 Å². The molecule has 0 spiro atoms. The SMILES string of the molecule is CCOc1ccccc1CC[O]. The first-order valence-electron chi connectivity index (χ1n) is 4.17. The highest BCUT2D eigenvalue weighted by Gasteiger charge is 2.00. The van der Waals surface area contributed by atoms with E-state index in [-0.39, 0.29) is 6.61 Å². The third-order valence-corrected chi connectivity index (χ3v) is 1.64. The number of hydrogen-bond acceptors (Lipinski definition) is 1. The summed E-state index contributed by atoms with van der Waals surface area (Å²) < 4.78 is 5.35. The normalized spacial score (nSPS) is 9.83. The molecular formula is C10H13O2. The van der Waals surface area contributed by atoms with Gasteiger partial charge < -0.3 is 4.74 Å². The van der Waals surface area contributed by atoms with Crippen LogP contribution in [0.5, 0.6) is 5.75 Å². The molecule has 1 aromatic rings. The van der Waals surface area contributed by atoms with Crippen LogP contribution in [0.25, 0.3) is 0 Å². The maximum atomic E-state index is 10.4. The first-order valence-corrected chi connectivity index (χ1v) is 4.17. The lowest BCUT2D eigenvalue weighted by Gasteiger charge is -2.07. The fraction of sp³-hybridized carbons (Fsp3) is 0.400. The molecule has 0 aliphatic heterocycles. The number of rotatable bonds is 4. The summed E-state index contributed by atoms with van der Waals surface area (Å²) in [6.45, 7) is 2.51. The van der Waals surface area contributed by atoms with Gasteiger partial charge in [-0.25, -0.2) is 5.11 Å². The van der Waals surface area contributed by atoms with E-state index in [1.54, 1.807) is 0 Å². The molecule has 2 heteroatoms. The number of hydrogen-bond donors (Lipinski definition) is 0. The molecule has 0 fully saturated rings. The monoisotopic (exact) mass is 165 g/mol. The quantitative estimate of drug-likeness (QED) is 0.671. The van der Waals surface area contributed by atoms with E-state index in [1.807, 2.05) is 31.2 Å². The highest BCUT2D eigenvalue weighted by Crippen LogP contribution is 2.17. The van der Waals surface area contributed by atoms with Gasteiger partial charge in [0.2, 0.25) is 0 Å². The van der Waals surface area contributed by atoms with Crippen molar-refractivity contribution in [1.29, 1.82) is 0 Å². The summed E-state index contributed by atoms with van der Waals surface area (Å²) in [5.74, 6) is 0.843. The fourth-order valence-corrected chi connectivity index (χ4v) is 1.12. The van der Waals surface area contributed by atoms with Crippen LogP contribution < -0.4 is 4.74 Å². The van der Waals surface area contributed by atoms with E-state index >= 15 is 0 Å². The Balaban J connectivity index is 2.77. The number of para-hydroxylation sites is 1. The zero-order valence-corrected chi connectivity index (χ0v) is 7.25. The average Bonchev–Trinajstić information content (AvgIpc) is 2.09. The van der Waals surface area contributed by atoms with E-state index in [1.165, 1.54) is 0 Å². The minimum atomic E-state index is -0.0793. The van der Waals surface area contributed by atoms with Crippen LogP contribution in [0.2, 0.25) is 0 Å². The molecule has 1 radical (unpaired) electrons. The first-order chi connectivity index (χ1) is 5.88. The Bertz CT molecular complexity index is 208. The van der Waals surface area contributed by atoms with Crippen LogP contribution >= 0.6 is 0 Å². The van der Waals surface area contributed by atoms with E-state index in [4.69, 9.17) is 4.74 Å². The van der Waals surface area contributed by atoms with Gasteiger partial charge in [0.25, 0.3) is 0 Å². The summed E-state index contributed by atoms with van der Waals surface area (Å²) in [6.07, 6.45) is 0.552. The third-order valence-electron chi connectivity index (χ3n) is 1.64. The van der Waals surface area contributed by atoms with Crippen molar-refractivity contribution in [3.05, 3.63) is 29.8 Å². The van der Waals surface area contributed by atoms with Crippen LogP contribution in [0.1, 0.15) is 12.5 Å². The van der Waals surface area contributed by atoms with Crippen LogP contribution in [0.15, 0.2) is 24.3 Å². The molecule has 0 aromatic heterocycles. The van der Waals surface area contributed by atoms with E-state index in [0.29, 0.717) is 13.0 Å². The van der Waals surface area contributed by atoms with Crippen molar-refractivity contribution in [2.75, 3.05) is 13.2 Å². The molecule has 12 heavy (non-hydrogen) atoms. The van der Waals surface area contributed by atoms with E-state index < -0.39 is 0 Å². The van der Waals surface area contributed by atoms with Gasteiger partial charge in [-0.1, -0.05) is 18.2 Å². The summed E-state index contributed by atoms with van der Waals surface area (Å²) in [5.41, 5.74) is 1.01. The van der Waals surface area contributed by atoms with Gasteiger partial charge in [0.15, 0.2) is 0 Å². The average molecular weight is 165 g/mol. The Hall–Kier alpha value is -1.02. The van der Waals surface area contributed by atoms with Crippen molar-refractivity contribution in [2.45, 2.75) is 13.3 Å². The summed E-state index contributed by atoms with van der Waals surface area (Å²) in [6, 6.07) is 7.67. The largest absolute Gasteiger partial charge is 0.494 e. The molecule has 0 N–H and O–H groups in total. The van der Waals surface area contributed by atoms with Gasteiger partial charge in [-0.3, -0.25) is 0 Å². The zero-order chi connectivity index (χ0) is 8.81. The highest BCUT2D eigenvalue weighted by molar-refractivity contribution is 5.33. The van der Waals surface area contributed by atoms with Crippen molar-refractivity contribution < 1.29 is 9.84 Å². The Morgan fingerprint density at radius 1 is 1.33 bits per heavy atom. The highest BCUT2D eigenvalue weighted by atomic mass is 16.5. The predicted molar refractivity (Wildman–Crippen MR) is 46.9 cm³/mol. The molecule has 0 amide bonds. The minimum Gasteiger partial charge on any atom is -0.494 e. The Morgan fingerprint density at radius 2 is 2.08 bits per heavy atom. The molecule has 0 heterocycles. The van der Waals surface area contributed by atoms with Crippen molar-refractivity contribution in [3.63, 3.8) is 0 Å². The van der Waals surface area contributed by atoms with E-state index in [2.05, 4.69) is 0 Å². The molecule has 0 bridgehead atoms. The standard InChI is InChI=1S/C10H13O2/c1-2-12-10-6-4-3-5-9(10)7-8-11/h3-6H,2,7-8H2,1H3. The van der Waals surface area contributed by atoms with Crippen LogP contribution in [0, 0.1) is 0 Å². The van der Waals surface area contributed by atoms with Gasteiger partial charge in [0.1, 0.15) is 5.75 Å². The Kier molecular flexibility index (Phi) is 3.61. The minimum absolute atomic E-state index is 0.0793. The summed E-state index contributed by atoms with van der Waals surface area (Å²) >= 11 is 0. The molecule has 2 nitrogen and oxygen atoms in total. The van der Waals surface area contributed by atoms with Crippen LogP contribution in [0.4, 0.5) is 0 Å². The molecule has 1 rings (SSSR count). The lowest BCUT2D eigenvalue weighted by Crippen LogP contribution is -1.97. The Labute approximate surface area is 72.8 Å².